The first-order chi connectivity index (χ1) is 14.4. The summed E-state index contributed by atoms with van der Waals surface area (Å²) in [7, 11) is -2.15. The summed E-state index contributed by atoms with van der Waals surface area (Å²) in [5.41, 5.74) is 2.40. The smallest absolute Gasteiger partial charge is 0.264 e. The van der Waals surface area contributed by atoms with Crippen molar-refractivity contribution in [2.24, 2.45) is 0 Å². The van der Waals surface area contributed by atoms with Gasteiger partial charge >= 0.3 is 0 Å². The fourth-order valence-electron chi connectivity index (χ4n) is 2.81. The maximum atomic E-state index is 12.7. The van der Waals surface area contributed by atoms with Crippen LogP contribution in [0.25, 0.3) is 0 Å². The number of aryl methyl sites for hydroxylation is 1. The molecule has 1 N–H and O–H groups in total. The lowest BCUT2D eigenvalue weighted by atomic mass is 10.1. The van der Waals surface area contributed by atoms with E-state index in [0.717, 1.165) is 6.42 Å². The number of hydrogen-bond donors (Lipinski definition) is 1. The molecule has 6 nitrogen and oxygen atoms in total. The Kier molecular flexibility index (Phi) is 6.74. The van der Waals surface area contributed by atoms with Gasteiger partial charge in [-0.2, -0.15) is 0 Å². The van der Waals surface area contributed by atoms with E-state index < -0.39 is 10.0 Å². The van der Waals surface area contributed by atoms with Gasteiger partial charge in [0.2, 0.25) is 0 Å². The number of nitrogens with zero attached hydrogens (tertiary/aromatic N) is 1. The van der Waals surface area contributed by atoms with Crippen LogP contribution in [0.2, 0.25) is 0 Å². The zero-order chi connectivity index (χ0) is 21.6. The highest BCUT2D eigenvalue weighted by Gasteiger charge is 2.20. The average molecular weight is 425 g/mol. The van der Waals surface area contributed by atoms with Gasteiger partial charge in [0.15, 0.2) is 6.61 Å². The van der Waals surface area contributed by atoms with E-state index in [-0.39, 0.29) is 17.4 Å². The molecule has 0 aliphatic carbocycles. The minimum atomic E-state index is -3.64. The first-order valence-electron chi connectivity index (χ1n) is 9.56. The monoisotopic (exact) mass is 424 g/mol. The van der Waals surface area contributed by atoms with Gasteiger partial charge in [0.25, 0.3) is 15.9 Å². The molecule has 0 heterocycles. The number of anilines is 2. The minimum Gasteiger partial charge on any atom is -0.484 e. The highest BCUT2D eigenvalue weighted by Crippen LogP contribution is 2.24. The summed E-state index contributed by atoms with van der Waals surface area (Å²) < 4.78 is 32.1. The number of sulfonamides is 1. The van der Waals surface area contributed by atoms with E-state index in [0.29, 0.717) is 17.1 Å². The highest BCUT2D eigenvalue weighted by molar-refractivity contribution is 7.92. The summed E-state index contributed by atoms with van der Waals surface area (Å²) >= 11 is 0. The summed E-state index contributed by atoms with van der Waals surface area (Å²) in [5, 5.41) is 2.78. The largest absolute Gasteiger partial charge is 0.484 e. The van der Waals surface area contributed by atoms with Gasteiger partial charge in [0.1, 0.15) is 5.75 Å². The lowest BCUT2D eigenvalue weighted by Crippen LogP contribution is -2.26. The topological polar surface area (TPSA) is 75.7 Å². The van der Waals surface area contributed by atoms with Crippen LogP contribution in [0.4, 0.5) is 11.4 Å². The van der Waals surface area contributed by atoms with Crippen LogP contribution in [0.5, 0.6) is 5.75 Å². The van der Waals surface area contributed by atoms with Crippen LogP contribution in [-0.4, -0.2) is 28.0 Å². The Balaban J connectivity index is 1.58. The molecule has 0 aromatic heterocycles. The van der Waals surface area contributed by atoms with Gasteiger partial charge in [0, 0.05) is 12.7 Å². The van der Waals surface area contributed by atoms with Gasteiger partial charge in [-0.15, -0.1) is 0 Å². The molecule has 3 aromatic carbocycles. The van der Waals surface area contributed by atoms with Gasteiger partial charge < -0.3 is 10.1 Å². The lowest BCUT2D eigenvalue weighted by Gasteiger charge is -2.19. The van der Waals surface area contributed by atoms with E-state index in [4.69, 9.17) is 4.74 Å². The fraction of sp³-hybridized carbons (Fsp3) is 0.174. The van der Waals surface area contributed by atoms with Crippen LogP contribution >= 0.6 is 0 Å². The molecule has 3 rings (SSSR count). The Hall–Kier alpha value is -3.32. The van der Waals surface area contributed by atoms with E-state index in [1.165, 1.54) is 16.9 Å². The molecule has 0 saturated heterocycles. The van der Waals surface area contributed by atoms with Crippen LogP contribution in [0.1, 0.15) is 12.5 Å². The third kappa shape index (κ3) is 5.18. The van der Waals surface area contributed by atoms with Crippen molar-refractivity contribution in [1.29, 1.82) is 0 Å². The summed E-state index contributed by atoms with van der Waals surface area (Å²) in [6.07, 6.45) is 0.940. The SMILES string of the molecule is CCc1ccc(NC(=O)COc2ccc(N(C)S(=O)(=O)c3ccccc3)cc2)cc1. The van der Waals surface area contributed by atoms with E-state index in [1.807, 2.05) is 24.3 Å². The number of carbonyl (C=O) groups excluding carboxylic acids is 1. The highest BCUT2D eigenvalue weighted by atomic mass is 32.2. The number of ether oxygens (including phenoxy) is 1. The van der Waals surface area contributed by atoms with Crippen molar-refractivity contribution in [2.75, 3.05) is 23.3 Å². The van der Waals surface area contributed by atoms with Gasteiger partial charge in [0.05, 0.1) is 10.6 Å². The number of rotatable bonds is 8. The number of nitrogens with one attached hydrogen (secondary N) is 1. The van der Waals surface area contributed by atoms with Gasteiger partial charge in [-0.05, 0) is 60.5 Å². The predicted octanol–water partition coefficient (Wildman–Crippen LogP) is 4.09. The Bertz CT molecular complexity index is 1080. The third-order valence-electron chi connectivity index (χ3n) is 4.62. The van der Waals surface area contributed by atoms with Crippen molar-refractivity contribution in [3.05, 3.63) is 84.4 Å². The minimum absolute atomic E-state index is 0.146. The third-order valence-corrected chi connectivity index (χ3v) is 6.42. The molecule has 0 atom stereocenters. The molecule has 0 saturated carbocycles. The van der Waals surface area contributed by atoms with Crippen LogP contribution in [-0.2, 0) is 21.2 Å². The first kappa shape index (κ1) is 21.4. The number of hydrogen-bond acceptors (Lipinski definition) is 4. The zero-order valence-electron chi connectivity index (χ0n) is 16.9. The maximum absolute atomic E-state index is 12.7. The fourth-order valence-corrected chi connectivity index (χ4v) is 4.03. The summed E-state index contributed by atoms with van der Waals surface area (Å²) in [5.74, 6) is 0.202. The van der Waals surface area contributed by atoms with Crippen molar-refractivity contribution in [3.63, 3.8) is 0 Å². The molecule has 0 unspecified atom stereocenters. The van der Waals surface area contributed by atoms with Crippen molar-refractivity contribution in [3.8, 4) is 5.75 Å². The molecule has 0 bridgehead atoms. The lowest BCUT2D eigenvalue weighted by molar-refractivity contribution is -0.118. The number of benzene rings is 3. The summed E-state index contributed by atoms with van der Waals surface area (Å²) in [6, 6.07) is 22.4. The molecular formula is C23H24N2O4S. The van der Waals surface area contributed by atoms with E-state index in [9.17, 15) is 13.2 Å². The van der Waals surface area contributed by atoms with Crippen molar-refractivity contribution in [1.82, 2.24) is 0 Å². The predicted molar refractivity (Wildman–Crippen MR) is 118 cm³/mol. The van der Waals surface area contributed by atoms with Crippen LogP contribution in [0.15, 0.2) is 83.8 Å². The normalized spacial score (nSPS) is 11.0. The Morgan fingerprint density at radius 2 is 1.57 bits per heavy atom. The second-order valence-corrected chi connectivity index (χ2v) is 8.64. The molecule has 0 radical (unpaired) electrons. The van der Waals surface area contributed by atoms with E-state index in [1.54, 1.807) is 54.6 Å². The van der Waals surface area contributed by atoms with Crippen molar-refractivity contribution >= 4 is 27.3 Å². The molecule has 7 heteroatoms. The Morgan fingerprint density at radius 3 is 2.17 bits per heavy atom. The molecule has 0 aliphatic heterocycles. The Labute approximate surface area is 177 Å². The number of carbonyl (C=O) groups is 1. The Morgan fingerprint density at radius 1 is 0.933 bits per heavy atom. The van der Waals surface area contributed by atoms with Crippen molar-refractivity contribution < 1.29 is 17.9 Å². The molecule has 156 valence electrons. The second-order valence-electron chi connectivity index (χ2n) is 6.67. The van der Waals surface area contributed by atoms with E-state index >= 15 is 0 Å². The second kappa shape index (κ2) is 9.45. The first-order valence-corrected chi connectivity index (χ1v) is 11.0. The quantitative estimate of drug-likeness (QED) is 0.591. The van der Waals surface area contributed by atoms with E-state index in [2.05, 4.69) is 12.2 Å². The van der Waals surface area contributed by atoms with Crippen LogP contribution < -0.4 is 14.4 Å². The molecule has 0 fully saturated rings. The molecule has 1 amide bonds. The zero-order valence-corrected chi connectivity index (χ0v) is 17.7. The molecule has 0 spiro atoms. The molecule has 0 aliphatic rings. The van der Waals surface area contributed by atoms with Crippen LogP contribution in [0, 0.1) is 0 Å². The van der Waals surface area contributed by atoms with Crippen LogP contribution in [0.3, 0.4) is 0 Å². The van der Waals surface area contributed by atoms with Gasteiger partial charge in [-0.25, -0.2) is 8.42 Å². The standard InChI is InChI=1S/C23H24N2O4S/c1-3-18-9-11-19(12-10-18)24-23(26)17-29-21-15-13-20(14-16-21)25(2)30(27,28)22-7-5-4-6-8-22/h4-16H,3,17H2,1-2H3,(H,24,26). The van der Waals surface area contributed by atoms with Gasteiger partial charge in [-0.1, -0.05) is 37.3 Å². The molecule has 3 aromatic rings. The summed E-state index contributed by atoms with van der Waals surface area (Å²) in [6.45, 7) is 1.93. The molecular weight excluding hydrogens is 400 g/mol. The van der Waals surface area contributed by atoms with Gasteiger partial charge in [-0.3, -0.25) is 9.10 Å². The number of amides is 1. The summed E-state index contributed by atoms with van der Waals surface area (Å²) in [4.78, 5) is 12.3. The maximum Gasteiger partial charge on any atom is 0.264 e. The average Bonchev–Trinajstić information content (AvgIpc) is 2.78. The molecule has 30 heavy (non-hydrogen) atoms. The van der Waals surface area contributed by atoms with Crippen molar-refractivity contribution in [2.45, 2.75) is 18.2 Å².